The lowest BCUT2D eigenvalue weighted by molar-refractivity contribution is -0.0544. The Bertz CT molecular complexity index is 325. The summed E-state index contributed by atoms with van der Waals surface area (Å²) in [5.41, 5.74) is 0. The predicted octanol–water partition coefficient (Wildman–Crippen LogP) is 2.76. The topological polar surface area (TPSA) is 58.9 Å². The highest BCUT2D eigenvalue weighted by atomic mass is 32.2. The predicted molar refractivity (Wildman–Crippen MR) is 67.3 cm³/mol. The zero-order valence-electron chi connectivity index (χ0n) is 11.0. The van der Waals surface area contributed by atoms with Gasteiger partial charge in [-0.25, -0.2) is 8.78 Å². The summed E-state index contributed by atoms with van der Waals surface area (Å²) >= 11 is -1.41. The van der Waals surface area contributed by atoms with Gasteiger partial charge >= 0.3 is 0 Å². The molecule has 0 aromatic heterocycles. The van der Waals surface area contributed by atoms with Crippen LogP contribution in [0.25, 0.3) is 0 Å². The molecule has 0 bridgehead atoms. The molecule has 1 saturated carbocycles. The van der Waals surface area contributed by atoms with Crippen molar-refractivity contribution in [1.82, 2.24) is 4.72 Å². The molecule has 1 rings (SSSR count). The maximum Gasteiger partial charge on any atom is 0.248 e. The fourth-order valence-corrected chi connectivity index (χ4v) is 2.84. The Morgan fingerprint density at radius 3 is 2.56 bits per heavy atom. The quantitative estimate of drug-likeness (QED) is 0.808. The molecule has 3 nitrogen and oxygen atoms in total. The molecule has 0 amide bonds. The molecule has 0 saturated heterocycles. The summed E-state index contributed by atoms with van der Waals surface area (Å²) in [5.74, 6) is -3.12. The van der Waals surface area contributed by atoms with E-state index >= 15 is 0 Å². The minimum Gasteiger partial charge on any atom is -0.598 e. The SMILES string of the molecule is CC(C)(C)[S+]([O-])N[C@H](C#N)[C@H]1CCCC(F)(F)C1. The second-order valence-corrected chi connectivity index (χ2v) is 7.82. The fourth-order valence-electron chi connectivity index (χ4n) is 2.02. The van der Waals surface area contributed by atoms with Crippen LogP contribution in [-0.4, -0.2) is 21.3 Å². The molecule has 1 aliphatic rings. The van der Waals surface area contributed by atoms with Crippen molar-refractivity contribution in [3.8, 4) is 6.07 Å². The van der Waals surface area contributed by atoms with Crippen LogP contribution >= 0.6 is 0 Å². The molecular weight excluding hydrogens is 258 g/mol. The standard InChI is InChI=1S/C12H20F2N2OS/c1-11(2,3)18(17)16-10(8-15)9-5-4-6-12(13,14)7-9/h9-10,16H,4-7H2,1-3H3/t9-,10+,18?/m0/s1. The molecule has 0 radical (unpaired) electrons. The summed E-state index contributed by atoms with van der Waals surface area (Å²) in [6, 6.07) is 1.21. The van der Waals surface area contributed by atoms with Gasteiger partial charge in [-0.2, -0.15) is 5.26 Å². The highest BCUT2D eigenvalue weighted by Crippen LogP contribution is 2.38. The first-order chi connectivity index (χ1) is 8.15. The molecule has 3 atom stereocenters. The third kappa shape index (κ3) is 4.38. The summed E-state index contributed by atoms with van der Waals surface area (Å²) in [6.07, 6.45) is 0.603. The number of nitrogens with one attached hydrogen (secondary N) is 1. The van der Waals surface area contributed by atoms with Crippen LogP contribution in [0.2, 0.25) is 0 Å². The Balaban J connectivity index is 2.64. The van der Waals surface area contributed by atoms with Gasteiger partial charge in [0.25, 0.3) is 0 Å². The van der Waals surface area contributed by atoms with E-state index in [1.54, 1.807) is 20.8 Å². The van der Waals surface area contributed by atoms with E-state index in [4.69, 9.17) is 5.26 Å². The highest BCUT2D eigenvalue weighted by molar-refractivity contribution is 7.90. The minimum atomic E-state index is -2.69. The van der Waals surface area contributed by atoms with Gasteiger partial charge in [0, 0.05) is 24.2 Å². The Hall–Kier alpha value is -0.380. The van der Waals surface area contributed by atoms with Gasteiger partial charge in [-0.1, -0.05) is 0 Å². The molecule has 1 N–H and O–H groups in total. The Morgan fingerprint density at radius 2 is 2.11 bits per heavy atom. The lowest BCUT2D eigenvalue weighted by Crippen LogP contribution is -2.48. The van der Waals surface area contributed by atoms with Gasteiger partial charge in [-0.15, -0.1) is 4.72 Å². The average molecular weight is 278 g/mol. The van der Waals surface area contributed by atoms with Crippen molar-refractivity contribution >= 4 is 11.4 Å². The summed E-state index contributed by atoms with van der Waals surface area (Å²) in [5, 5.41) is 9.07. The van der Waals surface area contributed by atoms with E-state index in [1.807, 2.05) is 6.07 Å². The maximum absolute atomic E-state index is 13.3. The number of hydrogen-bond donors (Lipinski definition) is 1. The molecule has 1 fully saturated rings. The van der Waals surface area contributed by atoms with Crippen LogP contribution < -0.4 is 4.72 Å². The Kier molecular flexibility index (Phi) is 4.98. The van der Waals surface area contributed by atoms with Gasteiger partial charge in [0.15, 0.2) is 0 Å². The van der Waals surface area contributed by atoms with Crippen molar-refractivity contribution < 1.29 is 13.3 Å². The zero-order chi connectivity index (χ0) is 14.0. The summed E-state index contributed by atoms with van der Waals surface area (Å²) in [6.45, 7) is 5.33. The monoisotopic (exact) mass is 278 g/mol. The second-order valence-electron chi connectivity index (χ2n) is 5.82. The number of nitriles is 1. The van der Waals surface area contributed by atoms with Crippen LogP contribution in [0.4, 0.5) is 8.78 Å². The van der Waals surface area contributed by atoms with Gasteiger partial charge in [-0.05, 0) is 39.5 Å². The molecule has 0 spiro atoms. The van der Waals surface area contributed by atoms with Crippen molar-refractivity contribution in [2.75, 3.05) is 0 Å². The number of rotatable bonds is 3. The molecule has 0 aromatic carbocycles. The fraction of sp³-hybridized carbons (Fsp3) is 0.917. The Labute approximate surface area is 110 Å². The first-order valence-corrected chi connectivity index (χ1v) is 7.26. The van der Waals surface area contributed by atoms with Crippen molar-refractivity contribution in [2.45, 2.75) is 63.2 Å². The largest absolute Gasteiger partial charge is 0.598 e. The smallest absolute Gasteiger partial charge is 0.248 e. The molecule has 1 aliphatic carbocycles. The minimum absolute atomic E-state index is 0.107. The van der Waals surface area contributed by atoms with Crippen molar-refractivity contribution in [1.29, 1.82) is 5.26 Å². The molecule has 0 heterocycles. The van der Waals surface area contributed by atoms with Crippen molar-refractivity contribution in [3.05, 3.63) is 0 Å². The molecule has 6 heteroatoms. The van der Waals surface area contributed by atoms with E-state index in [-0.39, 0.29) is 12.8 Å². The van der Waals surface area contributed by atoms with E-state index < -0.39 is 34.0 Å². The van der Waals surface area contributed by atoms with Crippen LogP contribution in [-0.2, 0) is 11.4 Å². The lowest BCUT2D eigenvalue weighted by atomic mass is 9.82. The maximum atomic E-state index is 13.3. The molecule has 18 heavy (non-hydrogen) atoms. The molecular formula is C12H20F2N2OS. The summed E-state index contributed by atoms with van der Waals surface area (Å²) < 4.78 is 40.7. The van der Waals surface area contributed by atoms with Crippen LogP contribution in [0.3, 0.4) is 0 Å². The second kappa shape index (κ2) is 5.72. The summed E-state index contributed by atoms with van der Waals surface area (Å²) in [7, 11) is 0. The van der Waals surface area contributed by atoms with E-state index in [0.717, 1.165) is 0 Å². The zero-order valence-corrected chi connectivity index (χ0v) is 11.8. The van der Waals surface area contributed by atoms with Crippen LogP contribution in [0, 0.1) is 17.2 Å². The van der Waals surface area contributed by atoms with Gasteiger partial charge in [-0.3, -0.25) is 0 Å². The molecule has 0 aromatic rings. The van der Waals surface area contributed by atoms with E-state index in [2.05, 4.69) is 4.72 Å². The number of halogens is 2. The first kappa shape index (κ1) is 15.7. The van der Waals surface area contributed by atoms with Gasteiger partial charge in [0.1, 0.15) is 10.8 Å². The third-order valence-electron chi connectivity index (χ3n) is 3.08. The van der Waals surface area contributed by atoms with Gasteiger partial charge < -0.3 is 4.55 Å². The van der Waals surface area contributed by atoms with Gasteiger partial charge in [0.2, 0.25) is 5.92 Å². The molecule has 0 aliphatic heterocycles. The first-order valence-electron chi connectivity index (χ1n) is 6.11. The lowest BCUT2D eigenvalue weighted by Gasteiger charge is -2.33. The van der Waals surface area contributed by atoms with E-state index in [1.165, 1.54) is 0 Å². The van der Waals surface area contributed by atoms with Crippen LogP contribution in [0.1, 0.15) is 46.5 Å². The van der Waals surface area contributed by atoms with E-state index in [9.17, 15) is 13.3 Å². The molecule has 104 valence electrons. The van der Waals surface area contributed by atoms with Crippen LogP contribution in [0.15, 0.2) is 0 Å². The van der Waals surface area contributed by atoms with E-state index in [0.29, 0.717) is 12.8 Å². The average Bonchev–Trinajstić information content (AvgIpc) is 2.22. The number of hydrogen-bond acceptors (Lipinski definition) is 3. The third-order valence-corrected chi connectivity index (χ3v) is 4.66. The molecule has 1 unspecified atom stereocenters. The normalized spacial score (nSPS) is 27.3. The van der Waals surface area contributed by atoms with Crippen LogP contribution in [0.5, 0.6) is 0 Å². The Morgan fingerprint density at radius 1 is 1.50 bits per heavy atom. The van der Waals surface area contributed by atoms with Crippen molar-refractivity contribution in [2.24, 2.45) is 5.92 Å². The van der Waals surface area contributed by atoms with Crippen molar-refractivity contribution in [3.63, 3.8) is 0 Å². The van der Waals surface area contributed by atoms with Gasteiger partial charge in [0.05, 0.1) is 6.07 Å². The highest BCUT2D eigenvalue weighted by Gasteiger charge is 2.41. The number of nitrogens with zero attached hydrogens (tertiary/aromatic N) is 1. The summed E-state index contributed by atoms with van der Waals surface area (Å²) in [4.78, 5) is 0. The number of alkyl halides is 2.